The van der Waals surface area contributed by atoms with E-state index in [4.69, 9.17) is 28.4 Å². The molecule has 6 heterocycles. The molecule has 0 saturated heterocycles. The van der Waals surface area contributed by atoms with E-state index in [0.717, 1.165) is 111 Å². The third-order valence-electron chi connectivity index (χ3n) is 18.2. The standard InChI is InChI=1S/C74H54B3NO6/c1-39-27-41(3)66(42(4)28-39)47-31-60-68-62(33-47)81-71-45(7)73-56(37-54(71)75(68)52-23-15-17-25-58(52)79-60)77-57-38-55-72(82-63-34-48(67-43(5)29-40(2)30-44(67)6)32-61-69(63)76(55)53-24-16-18-26-59(53)80-61)46(8)74(57)84-65-36-51(35-64(83-73)70(65)77)78(49-19-11-9-12-20-49)50-21-13-10-14-22-50/h9-38H,1-8H3/i7D3. The van der Waals surface area contributed by atoms with E-state index in [1.807, 2.05) is 72.8 Å². The summed E-state index contributed by atoms with van der Waals surface area (Å²) in [6.45, 7) is 10.8. The highest BCUT2D eigenvalue weighted by Crippen LogP contribution is 2.49. The van der Waals surface area contributed by atoms with Crippen LogP contribution in [0.4, 0.5) is 17.1 Å². The fraction of sp³-hybridized carbons (Fsp3) is 0.108. The van der Waals surface area contributed by atoms with Crippen LogP contribution in [0.5, 0.6) is 69.0 Å². The van der Waals surface area contributed by atoms with Crippen LogP contribution in [-0.4, -0.2) is 20.1 Å². The smallest absolute Gasteiger partial charge is 0.260 e. The molecule has 0 radical (unpaired) electrons. The maximum atomic E-state index is 9.72. The van der Waals surface area contributed by atoms with Gasteiger partial charge < -0.3 is 33.3 Å². The lowest BCUT2D eigenvalue weighted by Gasteiger charge is -2.40. The fourth-order valence-electron chi connectivity index (χ4n) is 15.0. The summed E-state index contributed by atoms with van der Waals surface area (Å²) in [5, 5.41) is 0. The first kappa shape index (κ1) is 45.8. The van der Waals surface area contributed by atoms with Crippen LogP contribution in [0.25, 0.3) is 22.3 Å². The summed E-state index contributed by atoms with van der Waals surface area (Å²) < 4.78 is 72.5. The fourth-order valence-corrected chi connectivity index (χ4v) is 15.0. The van der Waals surface area contributed by atoms with Crippen molar-refractivity contribution < 1.29 is 32.5 Å². The summed E-state index contributed by atoms with van der Waals surface area (Å²) in [5.74, 6) is 6.97. The number of ether oxygens (including phenoxy) is 6. The lowest BCUT2D eigenvalue weighted by molar-refractivity contribution is 0.442. The first-order valence-electron chi connectivity index (χ1n) is 30.4. The minimum absolute atomic E-state index is 0.00214. The van der Waals surface area contributed by atoms with Gasteiger partial charge in [0.15, 0.2) is 0 Å². The minimum Gasteiger partial charge on any atom is -0.458 e. The molecule has 0 amide bonds. The average Bonchev–Trinajstić information content (AvgIpc) is 0.724. The van der Waals surface area contributed by atoms with Crippen molar-refractivity contribution in [1.82, 2.24) is 0 Å². The molecule has 17 rings (SSSR count). The molecule has 0 bridgehead atoms. The van der Waals surface area contributed by atoms with Gasteiger partial charge in [0.25, 0.3) is 20.1 Å². The summed E-state index contributed by atoms with van der Waals surface area (Å²) in [6.07, 6.45) is 0. The molecule has 6 aliphatic rings. The van der Waals surface area contributed by atoms with Gasteiger partial charge in [-0.05, 0) is 193 Å². The average molecular weight is 1090 g/mol. The van der Waals surface area contributed by atoms with Crippen LogP contribution < -0.4 is 82.5 Å². The van der Waals surface area contributed by atoms with Crippen LogP contribution in [0.15, 0.2) is 182 Å². The molecule has 0 saturated carbocycles. The van der Waals surface area contributed by atoms with Crippen LogP contribution in [0.3, 0.4) is 0 Å². The number of rotatable bonds is 5. The van der Waals surface area contributed by atoms with Crippen molar-refractivity contribution in [2.24, 2.45) is 0 Å². The Morgan fingerprint density at radius 1 is 0.310 bits per heavy atom. The van der Waals surface area contributed by atoms with E-state index < -0.39 is 20.3 Å². The van der Waals surface area contributed by atoms with E-state index in [9.17, 15) is 4.11 Å². The number of anilines is 3. The van der Waals surface area contributed by atoms with Crippen molar-refractivity contribution in [2.75, 3.05) is 4.90 Å². The number of para-hydroxylation sites is 4. The summed E-state index contributed by atoms with van der Waals surface area (Å²) in [5.41, 5.74) is 22.2. The van der Waals surface area contributed by atoms with Crippen LogP contribution in [0, 0.1) is 55.3 Å². The second kappa shape index (κ2) is 17.9. The molecule has 6 aliphatic heterocycles. The molecule has 84 heavy (non-hydrogen) atoms. The summed E-state index contributed by atoms with van der Waals surface area (Å²) in [4.78, 5) is 2.17. The quantitative estimate of drug-likeness (QED) is 0.159. The van der Waals surface area contributed by atoms with Crippen LogP contribution >= 0.6 is 0 Å². The number of fused-ring (bicyclic) bond motifs is 12. The zero-order chi connectivity index (χ0) is 59.0. The highest BCUT2D eigenvalue weighted by Gasteiger charge is 2.49. The van der Waals surface area contributed by atoms with Crippen molar-refractivity contribution in [3.63, 3.8) is 0 Å². The zero-order valence-electron chi connectivity index (χ0n) is 50.4. The second-order valence-corrected chi connectivity index (χ2v) is 23.6. The Balaban J connectivity index is 0.931. The highest BCUT2D eigenvalue weighted by atomic mass is 16.5. The van der Waals surface area contributed by atoms with Gasteiger partial charge in [-0.2, -0.15) is 0 Å². The molecule has 0 aromatic heterocycles. The van der Waals surface area contributed by atoms with Crippen molar-refractivity contribution in [3.8, 4) is 91.2 Å². The molecule has 0 spiro atoms. The van der Waals surface area contributed by atoms with E-state index in [2.05, 4.69) is 163 Å². The van der Waals surface area contributed by atoms with Crippen LogP contribution in [-0.2, 0) is 0 Å². The van der Waals surface area contributed by atoms with Crippen LogP contribution in [0.1, 0.15) is 48.6 Å². The van der Waals surface area contributed by atoms with Crippen molar-refractivity contribution in [1.29, 1.82) is 0 Å². The summed E-state index contributed by atoms with van der Waals surface area (Å²) in [6, 6.07) is 62.6. The summed E-state index contributed by atoms with van der Waals surface area (Å²) in [7, 11) is 0. The Labute approximate surface area is 494 Å². The molecule has 0 aliphatic carbocycles. The predicted octanol–water partition coefficient (Wildman–Crippen LogP) is 13.1. The Kier molecular flexibility index (Phi) is 9.73. The van der Waals surface area contributed by atoms with E-state index >= 15 is 0 Å². The maximum absolute atomic E-state index is 9.72. The first-order valence-corrected chi connectivity index (χ1v) is 28.9. The van der Waals surface area contributed by atoms with E-state index in [-0.39, 0.29) is 23.8 Å². The number of nitrogens with zero attached hydrogens (tertiary/aromatic N) is 1. The lowest BCUT2D eigenvalue weighted by atomic mass is 9.30. The summed E-state index contributed by atoms with van der Waals surface area (Å²) >= 11 is 0. The molecular weight excluding hydrogens is 1030 g/mol. The van der Waals surface area contributed by atoms with Crippen molar-refractivity contribution in [2.45, 2.75) is 55.3 Å². The number of hydrogen-bond acceptors (Lipinski definition) is 7. The third kappa shape index (κ3) is 7.03. The molecule has 11 aromatic rings. The van der Waals surface area contributed by atoms with E-state index in [1.54, 1.807) is 0 Å². The van der Waals surface area contributed by atoms with E-state index in [0.29, 0.717) is 51.2 Å². The second-order valence-electron chi connectivity index (χ2n) is 23.6. The monoisotopic (exact) mass is 1090 g/mol. The lowest BCUT2D eigenvalue weighted by Crippen LogP contribution is -2.63. The first-order chi connectivity index (χ1) is 42.1. The molecular formula is C74H54B3NO6. The Morgan fingerprint density at radius 2 is 0.643 bits per heavy atom. The zero-order valence-corrected chi connectivity index (χ0v) is 47.4. The molecule has 10 heteroatoms. The number of hydrogen-bond donors (Lipinski definition) is 0. The van der Waals surface area contributed by atoms with Gasteiger partial charge in [0.05, 0.1) is 5.69 Å². The SMILES string of the molecule is [2H]C([2H])([2H])c1c2c(cc3c1Oc1cc(N(c4ccccc4)c4ccccc4)cc4c1B3c1cc3c(c(C)c1O4)Oc1cc(-c4c(C)cc(C)cc4C)cc4c1B3c1ccccc1O4)B1c3ccccc3Oc3cc(-c4c(C)cc(C)cc4C)cc(c31)O2. The third-order valence-corrected chi connectivity index (χ3v) is 18.2. The normalized spacial score (nSPS) is 14.2. The predicted molar refractivity (Wildman–Crippen MR) is 343 cm³/mol. The highest BCUT2D eigenvalue weighted by molar-refractivity contribution is 7.02. The van der Waals surface area contributed by atoms with Gasteiger partial charge in [0.1, 0.15) is 69.0 Å². The van der Waals surface area contributed by atoms with Gasteiger partial charge in [-0.15, -0.1) is 0 Å². The maximum Gasteiger partial charge on any atom is 0.260 e. The van der Waals surface area contributed by atoms with Gasteiger partial charge in [0, 0.05) is 55.1 Å². The van der Waals surface area contributed by atoms with Gasteiger partial charge >= 0.3 is 0 Å². The Hall–Kier alpha value is -9.79. The number of aryl methyl sites for hydroxylation is 6. The largest absolute Gasteiger partial charge is 0.458 e. The van der Waals surface area contributed by atoms with Gasteiger partial charge in [-0.3, -0.25) is 0 Å². The molecule has 7 nitrogen and oxygen atoms in total. The Morgan fingerprint density at radius 3 is 1.04 bits per heavy atom. The van der Waals surface area contributed by atoms with Crippen molar-refractivity contribution in [3.05, 3.63) is 226 Å². The molecule has 0 fully saturated rings. The molecule has 0 N–H and O–H groups in total. The molecule has 400 valence electrons. The van der Waals surface area contributed by atoms with Gasteiger partial charge in [-0.1, -0.05) is 120 Å². The number of benzene rings is 11. The minimum atomic E-state index is -2.74. The molecule has 0 atom stereocenters. The van der Waals surface area contributed by atoms with Gasteiger partial charge in [-0.25, -0.2) is 0 Å². The van der Waals surface area contributed by atoms with Gasteiger partial charge in [0.2, 0.25) is 0 Å². The van der Waals surface area contributed by atoms with E-state index in [1.165, 1.54) is 22.3 Å². The van der Waals surface area contributed by atoms with Crippen LogP contribution in [0.2, 0.25) is 0 Å². The van der Waals surface area contributed by atoms with Crippen molar-refractivity contribution >= 4 is 86.4 Å². The Bertz CT molecular complexity index is 4790. The topological polar surface area (TPSA) is 58.6 Å². The molecule has 0 unspecified atom stereocenters. The molecule has 11 aromatic carbocycles.